The molecule has 1 heterocycles. The van der Waals surface area contributed by atoms with Crippen LogP contribution >= 0.6 is 0 Å². The predicted octanol–water partition coefficient (Wildman–Crippen LogP) is 2.61. The van der Waals surface area contributed by atoms with E-state index in [1.165, 1.54) is 0 Å². The van der Waals surface area contributed by atoms with Gasteiger partial charge in [0.25, 0.3) is 5.78 Å². The molecule has 0 bridgehead atoms. The van der Waals surface area contributed by atoms with Gasteiger partial charge in [0, 0.05) is 42.6 Å². The molecule has 0 unspecified atom stereocenters. The Balaban J connectivity index is 1.88. The minimum Gasteiger partial charge on any atom is -0.374 e. The van der Waals surface area contributed by atoms with E-state index in [0.717, 1.165) is 6.42 Å². The molecule has 1 saturated carbocycles. The van der Waals surface area contributed by atoms with Gasteiger partial charge in [-0.05, 0) is 19.3 Å². The van der Waals surface area contributed by atoms with Crippen LogP contribution in [-0.4, -0.2) is 35.7 Å². The van der Waals surface area contributed by atoms with Gasteiger partial charge in [-0.15, -0.1) is 0 Å². The normalized spacial score (nSPS) is 25.6. The van der Waals surface area contributed by atoms with Gasteiger partial charge in [-0.3, -0.25) is 9.59 Å². The van der Waals surface area contributed by atoms with E-state index >= 15 is 0 Å². The summed E-state index contributed by atoms with van der Waals surface area (Å²) in [7, 11) is 0. The summed E-state index contributed by atoms with van der Waals surface area (Å²) in [4.78, 5) is 24.7. The standard InChI is InChI=1S/C14H16F3NO2/c15-14(16,17)12(20)11-10(8-13(11)4-1-5-13)18-6-2-9(19)3-7-18/h1-8H2. The number of rotatable bonds is 2. The van der Waals surface area contributed by atoms with E-state index in [-0.39, 0.29) is 11.4 Å². The molecule has 3 rings (SSSR count). The van der Waals surface area contributed by atoms with Gasteiger partial charge < -0.3 is 4.90 Å². The largest absolute Gasteiger partial charge is 0.454 e. The molecule has 2 fully saturated rings. The molecule has 110 valence electrons. The van der Waals surface area contributed by atoms with Crippen molar-refractivity contribution in [2.45, 2.75) is 44.7 Å². The van der Waals surface area contributed by atoms with E-state index in [1.54, 1.807) is 0 Å². The molecule has 3 nitrogen and oxygen atoms in total. The molecule has 1 spiro atoms. The Kier molecular flexibility index (Phi) is 2.95. The van der Waals surface area contributed by atoms with Gasteiger partial charge in [0.1, 0.15) is 5.78 Å². The van der Waals surface area contributed by atoms with Gasteiger partial charge in [-0.25, -0.2) is 0 Å². The summed E-state index contributed by atoms with van der Waals surface area (Å²) in [6, 6.07) is 0. The highest BCUT2D eigenvalue weighted by molar-refractivity contribution is 6.03. The molecule has 6 heteroatoms. The van der Waals surface area contributed by atoms with Crippen LogP contribution in [-0.2, 0) is 9.59 Å². The van der Waals surface area contributed by atoms with Crippen molar-refractivity contribution in [3.63, 3.8) is 0 Å². The van der Waals surface area contributed by atoms with Crippen molar-refractivity contribution >= 4 is 11.6 Å². The Labute approximate surface area is 114 Å². The Morgan fingerprint density at radius 3 is 2.20 bits per heavy atom. The number of nitrogens with zero attached hydrogens (tertiary/aromatic N) is 1. The minimum absolute atomic E-state index is 0.00870. The molecule has 0 atom stereocenters. The molecule has 0 aromatic heterocycles. The number of ketones is 2. The molecule has 2 aliphatic carbocycles. The van der Waals surface area contributed by atoms with Crippen LogP contribution in [0.4, 0.5) is 13.2 Å². The average Bonchev–Trinajstić information content (AvgIpc) is 2.27. The van der Waals surface area contributed by atoms with Crippen LogP contribution in [0.5, 0.6) is 0 Å². The minimum atomic E-state index is -4.80. The summed E-state index contributed by atoms with van der Waals surface area (Å²) in [6.07, 6.45) is -1.25. The van der Waals surface area contributed by atoms with Crippen LogP contribution in [0.1, 0.15) is 38.5 Å². The van der Waals surface area contributed by atoms with Gasteiger partial charge in [0.15, 0.2) is 0 Å². The van der Waals surface area contributed by atoms with E-state index in [2.05, 4.69) is 0 Å². The number of Topliss-reactive ketones (excluding diaryl/α,β-unsaturated/α-hetero) is 2. The molecule has 1 aliphatic heterocycles. The molecular weight excluding hydrogens is 271 g/mol. The summed E-state index contributed by atoms with van der Waals surface area (Å²) in [5.74, 6) is -1.53. The van der Waals surface area contributed by atoms with E-state index in [1.807, 2.05) is 4.90 Å². The molecule has 20 heavy (non-hydrogen) atoms. The second-order valence-corrected chi connectivity index (χ2v) is 5.98. The Morgan fingerprint density at radius 2 is 1.75 bits per heavy atom. The van der Waals surface area contributed by atoms with Crippen LogP contribution in [0.2, 0.25) is 0 Å². The number of carbonyl (C=O) groups is 2. The molecule has 0 aromatic rings. The van der Waals surface area contributed by atoms with Crippen molar-refractivity contribution in [3.05, 3.63) is 11.3 Å². The number of allylic oxidation sites excluding steroid dienone is 2. The van der Waals surface area contributed by atoms with Crippen LogP contribution < -0.4 is 0 Å². The number of hydrogen-bond donors (Lipinski definition) is 0. The lowest BCUT2D eigenvalue weighted by atomic mass is 9.53. The zero-order valence-corrected chi connectivity index (χ0v) is 11.1. The Hall–Kier alpha value is -1.33. The number of piperidine rings is 1. The van der Waals surface area contributed by atoms with Gasteiger partial charge in [-0.1, -0.05) is 6.42 Å². The molecule has 1 saturated heterocycles. The number of hydrogen-bond acceptors (Lipinski definition) is 3. The topological polar surface area (TPSA) is 37.4 Å². The fourth-order valence-corrected chi connectivity index (χ4v) is 3.54. The quantitative estimate of drug-likeness (QED) is 0.783. The first-order valence-corrected chi connectivity index (χ1v) is 6.95. The third-order valence-electron chi connectivity index (χ3n) is 4.82. The highest BCUT2D eigenvalue weighted by atomic mass is 19.4. The molecule has 0 amide bonds. The van der Waals surface area contributed by atoms with Gasteiger partial charge in [-0.2, -0.15) is 13.2 Å². The van der Waals surface area contributed by atoms with Crippen molar-refractivity contribution in [2.75, 3.05) is 13.1 Å². The van der Waals surface area contributed by atoms with Gasteiger partial charge in [0.2, 0.25) is 0 Å². The first kappa shape index (κ1) is 13.6. The van der Waals surface area contributed by atoms with E-state index < -0.39 is 17.4 Å². The number of halogens is 3. The third-order valence-corrected chi connectivity index (χ3v) is 4.82. The van der Waals surface area contributed by atoms with Crippen molar-refractivity contribution in [3.8, 4) is 0 Å². The van der Waals surface area contributed by atoms with E-state index in [9.17, 15) is 22.8 Å². The van der Waals surface area contributed by atoms with E-state index in [0.29, 0.717) is 50.9 Å². The second kappa shape index (κ2) is 4.33. The van der Waals surface area contributed by atoms with Crippen LogP contribution in [0.25, 0.3) is 0 Å². The lowest BCUT2D eigenvalue weighted by molar-refractivity contribution is -0.169. The van der Waals surface area contributed by atoms with Crippen LogP contribution in [0.15, 0.2) is 11.3 Å². The Bertz CT molecular complexity index is 493. The van der Waals surface area contributed by atoms with Crippen molar-refractivity contribution in [2.24, 2.45) is 5.41 Å². The fourth-order valence-electron chi connectivity index (χ4n) is 3.54. The lowest BCUT2D eigenvalue weighted by Gasteiger charge is -2.54. The average molecular weight is 287 g/mol. The summed E-state index contributed by atoms with van der Waals surface area (Å²) < 4.78 is 38.3. The zero-order chi connectivity index (χ0) is 14.5. The van der Waals surface area contributed by atoms with Gasteiger partial charge in [0.05, 0.1) is 0 Å². The maximum absolute atomic E-state index is 12.8. The monoisotopic (exact) mass is 287 g/mol. The second-order valence-electron chi connectivity index (χ2n) is 5.98. The van der Waals surface area contributed by atoms with Crippen LogP contribution in [0.3, 0.4) is 0 Å². The SMILES string of the molecule is O=C1CCN(C2=C(C(=O)C(F)(F)F)C3(CCC3)C2)CC1. The lowest BCUT2D eigenvalue weighted by Crippen LogP contribution is -2.51. The smallest absolute Gasteiger partial charge is 0.374 e. The molecule has 0 radical (unpaired) electrons. The zero-order valence-electron chi connectivity index (χ0n) is 11.1. The maximum atomic E-state index is 12.8. The molecule has 3 aliphatic rings. The third kappa shape index (κ3) is 1.96. The van der Waals surface area contributed by atoms with Crippen molar-refractivity contribution in [1.82, 2.24) is 4.90 Å². The first-order chi connectivity index (χ1) is 9.33. The highest BCUT2D eigenvalue weighted by Crippen LogP contribution is 2.61. The predicted molar refractivity (Wildman–Crippen MR) is 64.8 cm³/mol. The fraction of sp³-hybridized carbons (Fsp3) is 0.714. The van der Waals surface area contributed by atoms with Crippen LogP contribution in [0, 0.1) is 5.41 Å². The summed E-state index contributed by atoms with van der Waals surface area (Å²) in [6.45, 7) is 0.887. The molecule has 0 aromatic carbocycles. The Morgan fingerprint density at radius 1 is 1.15 bits per heavy atom. The van der Waals surface area contributed by atoms with Gasteiger partial charge >= 0.3 is 6.18 Å². The van der Waals surface area contributed by atoms with Crippen molar-refractivity contribution < 1.29 is 22.8 Å². The summed E-state index contributed by atoms with van der Waals surface area (Å²) in [5, 5.41) is 0. The first-order valence-electron chi connectivity index (χ1n) is 6.95. The summed E-state index contributed by atoms with van der Waals surface area (Å²) >= 11 is 0. The number of likely N-dealkylation sites (tertiary alicyclic amines) is 1. The number of carbonyl (C=O) groups excluding carboxylic acids is 2. The molecular formula is C14H16F3NO2. The highest BCUT2D eigenvalue weighted by Gasteiger charge is 2.58. The number of alkyl halides is 3. The molecule has 0 N–H and O–H groups in total. The maximum Gasteiger partial charge on any atom is 0.454 e. The van der Waals surface area contributed by atoms with E-state index in [4.69, 9.17) is 0 Å². The van der Waals surface area contributed by atoms with Crippen molar-refractivity contribution in [1.29, 1.82) is 0 Å². The summed E-state index contributed by atoms with van der Waals surface area (Å²) in [5.41, 5.74) is 0.0220.